The highest BCUT2D eigenvalue weighted by molar-refractivity contribution is 3.97. The molecule has 0 heterocycles. The maximum Gasteiger partial charge on any atom is 0.137 e. The molecular weight excluding hydrogens is 118 g/mol. The molecule has 0 aliphatic rings. The lowest BCUT2D eigenvalue weighted by atomic mass is 10.8. The van der Waals surface area contributed by atoms with Gasteiger partial charge in [0.1, 0.15) is 19.8 Å². The molecule has 3 nitrogen and oxygen atoms in total. The Labute approximate surface area is 56.5 Å². The highest BCUT2D eigenvalue weighted by atomic mass is 16.9. The quantitative estimate of drug-likeness (QED) is 0.526. The van der Waals surface area contributed by atoms with Crippen molar-refractivity contribution in [2.75, 3.05) is 19.8 Å². The van der Waals surface area contributed by atoms with Gasteiger partial charge in [0, 0.05) is 0 Å². The lowest BCUT2D eigenvalue weighted by molar-refractivity contribution is -1.24. The van der Waals surface area contributed by atoms with Gasteiger partial charge < -0.3 is 0 Å². The van der Waals surface area contributed by atoms with E-state index < -0.39 is 0 Å². The highest BCUT2D eigenvalue weighted by Crippen LogP contribution is 1.60. The second-order valence-corrected chi connectivity index (χ2v) is 1.59. The van der Waals surface area contributed by atoms with Crippen LogP contribution in [0.2, 0.25) is 0 Å². The summed E-state index contributed by atoms with van der Waals surface area (Å²) in [5.41, 5.74) is 0. The van der Waals surface area contributed by atoms with Crippen LogP contribution >= 0.6 is 0 Å². The van der Waals surface area contributed by atoms with E-state index in [0.717, 1.165) is 11.8 Å². The second-order valence-electron chi connectivity index (χ2n) is 1.59. The minimum absolute atomic E-state index is 0.698. The Balaban J connectivity index is 3.18. The van der Waals surface area contributed by atoms with Crippen LogP contribution in [-0.2, 0) is 9.68 Å². The van der Waals surface area contributed by atoms with Crippen LogP contribution in [0.15, 0.2) is 0 Å². The molecule has 9 heavy (non-hydrogen) atoms. The molecule has 0 radical (unpaired) electrons. The third-order valence-corrected chi connectivity index (χ3v) is 0.899. The molecule has 0 aromatic heterocycles. The van der Waals surface area contributed by atoms with Crippen LogP contribution < -0.4 is 5.23 Å². The monoisotopic (exact) mass is 134 g/mol. The Hall–Kier alpha value is -0.120. The van der Waals surface area contributed by atoms with Gasteiger partial charge >= 0.3 is 0 Å². The molecule has 0 spiro atoms. The van der Waals surface area contributed by atoms with Gasteiger partial charge in [0.2, 0.25) is 0 Å². The molecule has 0 saturated carbocycles. The van der Waals surface area contributed by atoms with E-state index in [9.17, 15) is 0 Å². The van der Waals surface area contributed by atoms with Crippen molar-refractivity contribution in [2.45, 2.75) is 20.8 Å². The number of nitrogens with one attached hydrogen (secondary N) is 1. The van der Waals surface area contributed by atoms with Crippen molar-refractivity contribution in [1.82, 2.24) is 0 Å². The number of hydrogen-bond acceptors (Lipinski definition) is 2. The van der Waals surface area contributed by atoms with Gasteiger partial charge in [-0.05, 0) is 20.8 Å². The first-order valence-corrected chi connectivity index (χ1v) is 3.46. The van der Waals surface area contributed by atoms with Crippen LogP contribution in [0.25, 0.3) is 0 Å². The molecule has 0 aromatic carbocycles. The fraction of sp³-hybridized carbons (Fsp3) is 1.00. The highest BCUT2D eigenvalue weighted by Gasteiger charge is 2.02. The third kappa shape index (κ3) is 4.39. The minimum atomic E-state index is 0.698. The molecule has 0 atom stereocenters. The normalized spacial score (nSPS) is 10.7. The molecule has 1 N–H and O–H groups in total. The van der Waals surface area contributed by atoms with Gasteiger partial charge in [-0.1, -0.05) is 5.23 Å². The van der Waals surface area contributed by atoms with Crippen LogP contribution in [-0.4, -0.2) is 19.8 Å². The Bertz CT molecular complexity index is 53.0. The van der Waals surface area contributed by atoms with E-state index in [-0.39, 0.29) is 0 Å². The van der Waals surface area contributed by atoms with E-state index >= 15 is 0 Å². The zero-order chi connectivity index (χ0) is 7.11. The van der Waals surface area contributed by atoms with Crippen molar-refractivity contribution >= 4 is 0 Å². The standard InChI is InChI=1S/C6H15NO2/c1-4-7(8-5-2)9-6-3/h4-6H2,1-3H3/p+1. The molecule has 3 heteroatoms. The molecule has 0 fully saturated rings. The predicted molar refractivity (Wildman–Crippen MR) is 34.8 cm³/mol. The number of hydrogen-bond donors (Lipinski definition) is 1. The minimum Gasteiger partial charge on any atom is -0.170 e. The van der Waals surface area contributed by atoms with Gasteiger partial charge in [0.05, 0.1) is 0 Å². The van der Waals surface area contributed by atoms with Gasteiger partial charge in [-0.15, -0.1) is 0 Å². The van der Waals surface area contributed by atoms with Crippen LogP contribution in [0.5, 0.6) is 0 Å². The fourth-order valence-corrected chi connectivity index (χ4v) is 0.568. The summed E-state index contributed by atoms with van der Waals surface area (Å²) in [6.07, 6.45) is 0. The van der Waals surface area contributed by atoms with Crippen LogP contribution in [0, 0.1) is 0 Å². The number of hydroxylamine groups is 2. The maximum atomic E-state index is 5.13. The van der Waals surface area contributed by atoms with Gasteiger partial charge in [-0.2, -0.15) is 9.68 Å². The van der Waals surface area contributed by atoms with Crippen molar-refractivity contribution in [3.05, 3.63) is 0 Å². The Morgan fingerprint density at radius 1 is 1.00 bits per heavy atom. The fourth-order valence-electron chi connectivity index (χ4n) is 0.568. The largest absolute Gasteiger partial charge is 0.170 e. The summed E-state index contributed by atoms with van der Waals surface area (Å²) in [5.74, 6) is 0. The zero-order valence-corrected chi connectivity index (χ0v) is 6.44. The van der Waals surface area contributed by atoms with Crippen molar-refractivity contribution < 1.29 is 14.9 Å². The molecule has 0 aromatic rings. The molecule has 0 rings (SSSR count). The van der Waals surface area contributed by atoms with E-state index in [1.165, 1.54) is 0 Å². The lowest BCUT2D eigenvalue weighted by Gasteiger charge is -2.10. The maximum absolute atomic E-state index is 5.13. The molecule has 0 bridgehead atoms. The molecule has 0 aliphatic carbocycles. The molecular formula is C6H16NO2+. The average Bonchev–Trinajstić information content (AvgIpc) is 1.88. The first-order chi connectivity index (χ1) is 4.35. The first kappa shape index (κ1) is 8.88. The van der Waals surface area contributed by atoms with E-state index in [1.807, 2.05) is 20.8 Å². The third-order valence-electron chi connectivity index (χ3n) is 0.899. The summed E-state index contributed by atoms with van der Waals surface area (Å²) in [6, 6.07) is 0. The molecule has 0 aliphatic heterocycles. The van der Waals surface area contributed by atoms with Gasteiger partial charge in [-0.25, -0.2) is 0 Å². The van der Waals surface area contributed by atoms with Crippen molar-refractivity contribution in [1.29, 1.82) is 0 Å². The average molecular weight is 134 g/mol. The predicted octanol–water partition coefficient (Wildman–Crippen LogP) is -0.206. The Morgan fingerprint density at radius 3 is 1.67 bits per heavy atom. The van der Waals surface area contributed by atoms with Gasteiger partial charge in [0.25, 0.3) is 0 Å². The van der Waals surface area contributed by atoms with Crippen molar-refractivity contribution in [3.8, 4) is 0 Å². The second kappa shape index (κ2) is 6.01. The van der Waals surface area contributed by atoms with E-state index in [4.69, 9.17) is 9.68 Å². The van der Waals surface area contributed by atoms with Gasteiger partial charge in [0.15, 0.2) is 0 Å². The lowest BCUT2D eigenvalue weighted by Crippen LogP contribution is -3.09. The topological polar surface area (TPSA) is 22.9 Å². The summed E-state index contributed by atoms with van der Waals surface area (Å²) in [4.78, 5) is 10.3. The van der Waals surface area contributed by atoms with Crippen LogP contribution in [0.1, 0.15) is 20.8 Å². The summed E-state index contributed by atoms with van der Waals surface area (Å²) in [6.45, 7) is 8.16. The van der Waals surface area contributed by atoms with E-state index in [0.29, 0.717) is 13.2 Å². The SMILES string of the molecule is CCO[NH+](CC)OCC. The van der Waals surface area contributed by atoms with Crippen molar-refractivity contribution in [2.24, 2.45) is 0 Å². The first-order valence-electron chi connectivity index (χ1n) is 3.46. The Kier molecular flexibility index (Phi) is 5.93. The van der Waals surface area contributed by atoms with E-state index in [2.05, 4.69) is 0 Å². The van der Waals surface area contributed by atoms with Crippen molar-refractivity contribution in [3.63, 3.8) is 0 Å². The summed E-state index contributed by atoms with van der Waals surface area (Å²) in [7, 11) is 0. The number of rotatable bonds is 5. The molecule has 56 valence electrons. The molecule has 0 unspecified atom stereocenters. The number of quaternary nitrogens is 1. The smallest absolute Gasteiger partial charge is 0.137 e. The summed E-state index contributed by atoms with van der Waals surface area (Å²) >= 11 is 0. The van der Waals surface area contributed by atoms with E-state index in [1.54, 1.807) is 0 Å². The molecule has 0 saturated heterocycles. The van der Waals surface area contributed by atoms with Crippen LogP contribution in [0.3, 0.4) is 0 Å². The Morgan fingerprint density at radius 2 is 1.44 bits per heavy atom. The van der Waals surface area contributed by atoms with Gasteiger partial charge in [-0.3, -0.25) is 0 Å². The summed E-state index contributed by atoms with van der Waals surface area (Å²) in [5, 5.41) is 0.750. The molecule has 0 amide bonds. The van der Waals surface area contributed by atoms with Crippen LogP contribution in [0.4, 0.5) is 0 Å². The summed E-state index contributed by atoms with van der Waals surface area (Å²) < 4.78 is 0. The zero-order valence-electron chi connectivity index (χ0n) is 6.44.